The first-order valence-electron chi connectivity index (χ1n) is 7.01. The van der Waals surface area contributed by atoms with Gasteiger partial charge in [0.25, 0.3) is 5.91 Å². The lowest BCUT2D eigenvalue weighted by Gasteiger charge is -2.16. The number of rotatable bonds is 5. The number of nitrogens with one attached hydrogen (secondary N) is 2. The van der Waals surface area contributed by atoms with E-state index in [0.717, 1.165) is 17.8 Å². The van der Waals surface area contributed by atoms with Crippen LogP contribution < -0.4 is 10.6 Å². The molecule has 2 rings (SSSR count). The van der Waals surface area contributed by atoms with Gasteiger partial charge < -0.3 is 10.6 Å². The number of carbonyl (C=O) groups excluding carboxylic acids is 1. The molecular formula is C17H19FN2O. The lowest BCUT2D eigenvalue weighted by molar-refractivity contribution is 0.0940. The zero-order chi connectivity index (χ0) is 15.2. The Bertz CT molecular complexity index is 628. The van der Waals surface area contributed by atoms with E-state index < -0.39 is 0 Å². The maximum absolute atomic E-state index is 13.2. The smallest absolute Gasteiger partial charge is 0.253 e. The largest absolute Gasteiger partial charge is 0.385 e. The first-order chi connectivity index (χ1) is 10.1. The molecule has 1 atom stereocenters. The van der Waals surface area contributed by atoms with Gasteiger partial charge in [-0.2, -0.15) is 0 Å². The molecule has 0 fully saturated rings. The number of anilines is 1. The van der Waals surface area contributed by atoms with Crippen LogP contribution in [-0.2, 0) is 0 Å². The molecule has 4 heteroatoms. The van der Waals surface area contributed by atoms with Crippen LogP contribution in [0.15, 0.2) is 48.5 Å². The molecule has 0 aliphatic rings. The van der Waals surface area contributed by atoms with E-state index in [2.05, 4.69) is 10.6 Å². The van der Waals surface area contributed by atoms with Crippen LogP contribution in [0.3, 0.4) is 0 Å². The highest BCUT2D eigenvalue weighted by molar-refractivity contribution is 5.99. The maximum Gasteiger partial charge on any atom is 0.253 e. The summed E-state index contributed by atoms with van der Waals surface area (Å²) >= 11 is 0. The number of hydrogen-bond acceptors (Lipinski definition) is 2. The first kappa shape index (κ1) is 15.0. The molecule has 0 bridgehead atoms. The van der Waals surface area contributed by atoms with Crippen molar-refractivity contribution in [2.45, 2.75) is 19.9 Å². The minimum atomic E-state index is -0.304. The zero-order valence-corrected chi connectivity index (χ0v) is 12.2. The van der Waals surface area contributed by atoms with E-state index >= 15 is 0 Å². The Hall–Kier alpha value is -2.36. The highest BCUT2D eigenvalue weighted by Gasteiger charge is 2.14. The van der Waals surface area contributed by atoms with Crippen molar-refractivity contribution in [3.8, 4) is 0 Å². The van der Waals surface area contributed by atoms with E-state index in [1.165, 1.54) is 12.1 Å². The van der Waals surface area contributed by atoms with Gasteiger partial charge in [-0.05, 0) is 43.7 Å². The van der Waals surface area contributed by atoms with Gasteiger partial charge in [0.05, 0.1) is 11.6 Å². The monoisotopic (exact) mass is 286 g/mol. The van der Waals surface area contributed by atoms with Crippen molar-refractivity contribution < 1.29 is 9.18 Å². The van der Waals surface area contributed by atoms with Gasteiger partial charge in [0.1, 0.15) is 5.82 Å². The summed E-state index contributed by atoms with van der Waals surface area (Å²) in [5.74, 6) is -0.482. The Kier molecular flexibility index (Phi) is 4.93. The van der Waals surface area contributed by atoms with E-state index in [-0.39, 0.29) is 17.8 Å². The molecule has 2 N–H and O–H groups in total. The number of benzene rings is 2. The van der Waals surface area contributed by atoms with Gasteiger partial charge in [0.15, 0.2) is 0 Å². The highest BCUT2D eigenvalue weighted by atomic mass is 19.1. The van der Waals surface area contributed by atoms with Gasteiger partial charge in [-0.25, -0.2) is 4.39 Å². The Morgan fingerprint density at radius 3 is 2.67 bits per heavy atom. The van der Waals surface area contributed by atoms with Crippen LogP contribution in [0, 0.1) is 5.82 Å². The molecule has 0 saturated heterocycles. The van der Waals surface area contributed by atoms with E-state index in [1.807, 2.05) is 32.0 Å². The maximum atomic E-state index is 13.2. The van der Waals surface area contributed by atoms with Crippen LogP contribution in [0.5, 0.6) is 0 Å². The predicted octanol–water partition coefficient (Wildman–Crippen LogP) is 3.75. The van der Waals surface area contributed by atoms with Crippen molar-refractivity contribution >= 4 is 11.6 Å². The fourth-order valence-electron chi connectivity index (χ4n) is 2.16. The summed E-state index contributed by atoms with van der Waals surface area (Å²) in [6.07, 6.45) is 0. The summed E-state index contributed by atoms with van der Waals surface area (Å²) in [6, 6.07) is 13.3. The molecule has 0 unspecified atom stereocenters. The molecule has 110 valence electrons. The molecule has 0 aliphatic heterocycles. The fraction of sp³-hybridized carbons (Fsp3) is 0.235. The third-order valence-corrected chi connectivity index (χ3v) is 3.24. The van der Waals surface area contributed by atoms with Crippen LogP contribution in [0.4, 0.5) is 10.1 Å². The van der Waals surface area contributed by atoms with Gasteiger partial charge in [-0.1, -0.05) is 24.3 Å². The van der Waals surface area contributed by atoms with Gasteiger partial charge in [-0.3, -0.25) is 4.79 Å². The quantitative estimate of drug-likeness (QED) is 0.879. The number of amides is 1. The molecule has 3 nitrogen and oxygen atoms in total. The van der Waals surface area contributed by atoms with Gasteiger partial charge >= 0.3 is 0 Å². The summed E-state index contributed by atoms with van der Waals surface area (Å²) in [4.78, 5) is 12.4. The van der Waals surface area contributed by atoms with Gasteiger partial charge in [-0.15, -0.1) is 0 Å². The summed E-state index contributed by atoms with van der Waals surface area (Å²) in [6.45, 7) is 4.55. The molecule has 0 spiro atoms. The minimum Gasteiger partial charge on any atom is -0.385 e. The number of para-hydroxylation sites is 1. The lowest BCUT2D eigenvalue weighted by Crippen LogP contribution is -2.27. The van der Waals surface area contributed by atoms with Crippen molar-refractivity contribution in [2.75, 3.05) is 11.9 Å². The van der Waals surface area contributed by atoms with Crippen molar-refractivity contribution in [3.63, 3.8) is 0 Å². The Labute approximate surface area is 124 Å². The molecule has 2 aromatic carbocycles. The Morgan fingerprint density at radius 2 is 1.95 bits per heavy atom. The van der Waals surface area contributed by atoms with Crippen molar-refractivity contribution in [1.82, 2.24) is 5.32 Å². The van der Waals surface area contributed by atoms with Crippen molar-refractivity contribution in [1.29, 1.82) is 0 Å². The van der Waals surface area contributed by atoms with Crippen LogP contribution in [0.2, 0.25) is 0 Å². The molecule has 1 amide bonds. The molecule has 0 saturated carbocycles. The second kappa shape index (κ2) is 6.88. The third-order valence-electron chi connectivity index (χ3n) is 3.24. The Morgan fingerprint density at radius 1 is 1.19 bits per heavy atom. The lowest BCUT2D eigenvalue weighted by atomic mass is 10.1. The molecule has 0 aromatic heterocycles. The van der Waals surface area contributed by atoms with Crippen LogP contribution in [-0.4, -0.2) is 12.5 Å². The highest BCUT2D eigenvalue weighted by Crippen LogP contribution is 2.18. The molecule has 0 heterocycles. The molecule has 21 heavy (non-hydrogen) atoms. The second-order valence-electron chi connectivity index (χ2n) is 4.83. The van der Waals surface area contributed by atoms with E-state index in [1.54, 1.807) is 18.2 Å². The van der Waals surface area contributed by atoms with Gasteiger partial charge in [0.2, 0.25) is 0 Å². The average molecular weight is 286 g/mol. The number of halogens is 1. The van der Waals surface area contributed by atoms with Crippen molar-refractivity contribution in [2.24, 2.45) is 0 Å². The Balaban J connectivity index is 2.14. The predicted molar refractivity (Wildman–Crippen MR) is 82.9 cm³/mol. The van der Waals surface area contributed by atoms with E-state index in [0.29, 0.717) is 5.56 Å². The molecule has 2 aromatic rings. The SMILES string of the molecule is CCNc1ccccc1C(=O)N[C@@H](C)c1cccc(F)c1. The second-order valence-corrected chi connectivity index (χ2v) is 4.83. The first-order valence-corrected chi connectivity index (χ1v) is 7.01. The normalized spacial score (nSPS) is 11.8. The fourth-order valence-corrected chi connectivity index (χ4v) is 2.16. The van der Waals surface area contributed by atoms with E-state index in [4.69, 9.17) is 0 Å². The number of carbonyl (C=O) groups is 1. The summed E-state index contributed by atoms with van der Waals surface area (Å²) in [5, 5.41) is 6.05. The standard InChI is InChI=1S/C17H19FN2O/c1-3-19-16-10-5-4-9-15(16)17(21)20-12(2)13-7-6-8-14(18)11-13/h4-12,19H,3H2,1-2H3,(H,20,21)/t12-/m0/s1. The summed E-state index contributed by atoms with van der Waals surface area (Å²) < 4.78 is 13.2. The zero-order valence-electron chi connectivity index (χ0n) is 12.2. The minimum absolute atomic E-state index is 0.177. The third kappa shape index (κ3) is 3.81. The van der Waals surface area contributed by atoms with Gasteiger partial charge in [0, 0.05) is 12.2 Å². The molecule has 0 aliphatic carbocycles. The van der Waals surface area contributed by atoms with Crippen molar-refractivity contribution in [3.05, 3.63) is 65.5 Å². The topological polar surface area (TPSA) is 41.1 Å². The number of hydrogen-bond donors (Lipinski definition) is 2. The summed E-state index contributed by atoms with van der Waals surface area (Å²) in [7, 11) is 0. The van der Waals surface area contributed by atoms with Crippen LogP contribution >= 0.6 is 0 Å². The summed E-state index contributed by atoms with van der Waals surface area (Å²) in [5.41, 5.74) is 2.12. The molecular weight excluding hydrogens is 267 g/mol. The van der Waals surface area contributed by atoms with Crippen LogP contribution in [0.25, 0.3) is 0 Å². The average Bonchev–Trinajstić information content (AvgIpc) is 2.48. The van der Waals surface area contributed by atoms with Crippen LogP contribution in [0.1, 0.15) is 35.8 Å². The van der Waals surface area contributed by atoms with E-state index in [9.17, 15) is 9.18 Å². The molecule has 0 radical (unpaired) electrons.